The van der Waals surface area contributed by atoms with Crippen molar-refractivity contribution < 1.29 is 9.47 Å². The second-order valence-electron chi connectivity index (χ2n) is 4.16. The third-order valence-corrected chi connectivity index (χ3v) is 2.64. The van der Waals surface area contributed by atoms with Gasteiger partial charge in [0.2, 0.25) is 0 Å². The summed E-state index contributed by atoms with van der Waals surface area (Å²) in [4.78, 5) is 0. The van der Waals surface area contributed by atoms with Gasteiger partial charge in [-0.3, -0.25) is 0 Å². The third-order valence-electron chi connectivity index (χ3n) is 2.64. The SMILES string of the molecule is CCC1(COC=C(C)C)CCOC1. The van der Waals surface area contributed by atoms with E-state index < -0.39 is 0 Å². The molecule has 2 heteroatoms. The highest BCUT2D eigenvalue weighted by atomic mass is 16.5. The van der Waals surface area contributed by atoms with Gasteiger partial charge in [-0.05, 0) is 32.3 Å². The van der Waals surface area contributed by atoms with Gasteiger partial charge in [0.1, 0.15) is 0 Å². The van der Waals surface area contributed by atoms with Gasteiger partial charge in [0.25, 0.3) is 0 Å². The Balaban J connectivity index is 2.36. The zero-order valence-electron chi connectivity index (χ0n) is 8.93. The molecule has 1 saturated heterocycles. The molecule has 0 aromatic heterocycles. The first-order valence-corrected chi connectivity index (χ1v) is 5.01. The Morgan fingerprint density at radius 3 is 2.77 bits per heavy atom. The highest BCUT2D eigenvalue weighted by Gasteiger charge is 2.33. The van der Waals surface area contributed by atoms with Crippen LogP contribution in [0.15, 0.2) is 11.8 Å². The summed E-state index contributed by atoms with van der Waals surface area (Å²) in [6.45, 7) is 8.86. The molecule has 1 unspecified atom stereocenters. The van der Waals surface area contributed by atoms with Crippen LogP contribution in [0.25, 0.3) is 0 Å². The smallest absolute Gasteiger partial charge is 0.0952 e. The minimum absolute atomic E-state index is 0.284. The summed E-state index contributed by atoms with van der Waals surface area (Å²) < 4.78 is 10.9. The van der Waals surface area contributed by atoms with Crippen molar-refractivity contribution in [2.75, 3.05) is 19.8 Å². The molecule has 0 aromatic rings. The monoisotopic (exact) mass is 184 g/mol. The molecule has 1 aliphatic heterocycles. The van der Waals surface area contributed by atoms with Gasteiger partial charge in [-0.15, -0.1) is 0 Å². The zero-order chi connectivity index (χ0) is 9.73. The molecular formula is C11H20O2. The number of rotatable bonds is 4. The lowest BCUT2D eigenvalue weighted by Crippen LogP contribution is -2.25. The Hall–Kier alpha value is -0.500. The number of hydrogen-bond donors (Lipinski definition) is 0. The van der Waals surface area contributed by atoms with Gasteiger partial charge in [0.15, 0.2) is 0 Å². The second kappa shape index (κ2) is 4.66. The molecule has 0 radical (unpaired) electrons. The summed E-state index contributed by atoms with van der Waals surface area (Å²) in [5, 5.41) is 0. The molecule has 0 saturated carbocycles. The van der Waals surface area contributed by atoms with Crippen molar-refractivity contribution in [1.29, 1.82) is 0 Å². The van der Waals surface area contributed by atoms with Crippen LogP contribution in [0.4, 0.5) is 0 Å². The maximum Gasteiger partial charge on any atom is 0.0952 e. The van der Waals surface area contributed by atoms with Gasteiger partial charge in [-0.1, -0.05) is 6.92 Å². The Kier molecular flexibility index (Phi) is 3.79. The first kappa shape index (κ1) is 10.6. The molecule has 13 heavy (non-hydrogen) atoms. The summed E-state index contributed by atoms with van der Waals surface area (Å²) >= 11 is 0. The Labute approximate surface area is 80.9 Å². The largest absolute Gasteiger partial charge is 0.501 e. The van der Waals surface area contributed by atoms with E-state index in [-0.39, 0.29) is 5.41 Å². The van der Waals surface area contributed by atoms with Gasteiger partial charge >= 0.3 is 0 Å². The topological polar surface area (TPSA) is 18.5 Å². The lowest BCUT2D eigenvalue weighted by atomic mass is 9.86. The van der Waals surface area contributed by atoms with E-state index in [2.05, 4.69) is 6.92 Å². The van der Waals surface area contributed by atoms with Gasteiger partial charge < -0.3 is 9.47 Å². The number of allylic oxidation sites excluding steroid dienone is 1. The molecule has 0 aromatic carbocycles. The van der Waals surface area contributed by atoms with Crippen molar-refractivity contribution in [3.63, 3.8) is 0 Å². The van der Waals surface area contributed by atoms with E-state index in [0.717, 1.165) is 32.7 Å². The molecule has 0 amide bonds. The van der Waals surface area contributed by atoms with Gasteiger partial charge in [0, 0.05) is 12.0 Å². The first-order chi connectivity index (χ1) is 6.18. The number of ether oxygens (including phenoxy) is 2. The molecule has 1 atom stereocenters. The third kappa shape index (κ3) is 3.03. The van der Waals surface area contributed by atoms with Crippen LogP contribution in [0, 0.1) is 5.41 Å². The fourth-order valence-electron chi connectivity index (χ4n) is 1.53. The second-order valence-corrected chi connectivity index (χ2v) is 4.16. The van der Waals surface area contributed by atoms with Gasteiger partial charge in [-0.25, -0.2) is 0 Å². The molecule has 0 N–H and O–H groups in total. The van der Waals surface area contributed by atoms with Gasteiger partial charge in [0.05, 0.1) is 19.5 Å². The summed E-state index contributed by atoms with van der Waals surface area (Å²) in [6, 6.07) is 0. The summed E-state index contributed by atoms with van der Waals surface area (Å²) in [7, 11) is 0. The highest BCUT2D eigenvalue weighted by molar-refractivity contribution is 4.88. The zero-order valence-corrected chi connectivity index (χ0v) is 8.93. The van der Waals surface area contributed by atoms with Crippen molar-refractivity contribution in [3.8, 4) is 0 Å². The average molecular weight is 184 g/mol. The maximum atomic E-state index is 5.53. The van der Waals surface area contributed by atoms with E-state index >= 15 is 0 Å². The van der Waals surface area contributed by atoms with Crippen molar-refractivity contribution in [2.45, 2.75) is 33.6 Å². The first-order valence-electron chi connectivity index (χ1n) is 5.01. The van der Waals surface area contributed by atoms with E-state index in [1.54, 1.807) is 0 Å². The quantitative estimate of drug-likeness (QED) is 0.625. The standard InChI is InChI=1S/C11H20O2/c1-4-11(5-6-12-8-11)9-13-7-10(2)3/h7H,4-6,8-9H2,1-3H3. The van der Waals surface area contributed by atoms with Crippen LogP contribution < -0.4 is 0 Å². The summed E-state index contributed by atoms with van der Waals surface area (Å²) in [5.74, 6) is 0. The molecular weight excluding hydrogens is 164 g/mol. The van der Waals surface area contributed by atoms with Crippen LogP contribution in [0.5, 0.6) is 0 Å². The minimum atomic E-state index is 0.284. The molecule has 1 rings (SSSR count). The Bertz CT molecular complexity index is 175. The van der Waals surface area contributed by atoms with Crippen LogP contribution >= 0.6 is 0 Å². The van der Waals surface area contributed by atoms with Crippen molar-refractivity contribution in [1.82, 2.24) is 0 Å². The number of hydrogen-bond acceptors (Lipinski definition) is 2. The Morgan fingerprint density at radius 1 is 1.54 bits per heavy atom. The summed E-state index contributed by atoms with van der Waals surface area (Å²) in [5.41, 5.74) is 1.50. The molecule has 76 valence electrons. The molecule has 2 nitrogen and oxygen atoms in total. The lowest BCUT2D eigenvalue weighted by Gasteiger charge is -2.24. The summed E-state index contributed by atoms with van der Waals surface area (Å²) in [6.07, 6.45) is 4.12. The van der Waals surface area contributed by atoms with E-state index in [9.17, 15) is 0 Å². The fourth-order valence-corrected chi connectivity index (χ4v) is 1.53. The Morgan fingerprint density at radius 2 is 2.31 bits per heavy atom. The minimum Gasteiger partial charge on any atom is -0.501 e. The van der Waals surface area contributed by atoms with Crippen LogP contribution in [0.2, 0.25) is 0 Å². The lowest BCUT2D eigenvalue weighted by molar-refractivity contribution is 0.0790. The van der Waals surface area contributed by atoms with E-state index in [0.29, 0.717) is 0 Å². The van der Waals surface area contributed by atoms with Crippen LogP contribution in [-0.2, 0) is 9.47 Å². The van der Waals surface area contributed by atoms with E-state index in [1.807, 2.05) is 20.1 Å². The average Bonchev–Trinajstić information content (AvgIpc) is 2.53. The molecule has 0 bridgehead atoms. The van der Waals surface area contributed by atoms with E-state index in [1.165, 1.54) is 5.57 Å². The predicted octanol–water partition coefficient (Wildman–Crippen LogP) is 2.74. The fraction of sp³-hybridized carbons (Fsp3) is 0.818. The van der Waals surface area contributed by atoms with Crippen LogP contribution in [-0.4, -0.2) is 19.8 Å². The molecule has 1 aliphatic rings. The molecule has 1 heterocycles. The van der Waals surface area contributed by atoms with Crippen LogP contribution in [0.1, 0.15) is 33.6 Å². The highest BCUT2D eigenvalue weighted by Crippen LogP contribution is 2.32. The molecule has 1 fully saturated rings. The van der Waals surface area contributed by atoms with E-state index in [4.69, 9.17) is 9.47 Å². The normalized spacial score (nSPS) is 27.3. The predicted molar refractivity (Wildman–Crippen MR) is 53.5 cm³/mol. The molecule has 0 spiro atoms. The molecule has 0 aliphatic carbocycles. The van der Waals surface area contributed by atoms with Crippen molar-refractivity contribution >= 4 is 0 Å². The van der Waals surface area contributed by atoms with Gasteiger partial charge in [-0.2, -0.15) is 0 Å². The van der Waals surface area contributed by atoms with Crippen molar-refractivity contribution in [3.05, 3.63) is 11.8 Å². The maximum absolute atomic E-state index is 5.53. The van der Waals surface area contributed by atoms with Crippen molar-refractivity contribution in [2.24, 2.45) is 5.41 Å². The van der Waals surface area contributed by atoms with Crippen LogP contribution in [0.3, 0.4) is 0 Å².